The van der Waals surface area contributed by atoms with Gasteiger partial charge in [0.05, 0.1) is 18.0 Å². The van der Waals surface area contributed by atoms with Crippen LogP contribution in [0.3, 0.4) is 0 Å². The first-order chi connectivity index (χ1) is 10.8. The van der Waals surface area contributed by atoms with Crippen LogP contribution in [0.5, 0.6) is 0 Å². The first kappa shape index (κ1) is 17.6. The molecule has 2 aromatic rings. The number of hydrogen-bond acceptors (Lipinski definition) is 6. The molecule has 0 spiro atoms. The minimum absolute atomic E-state index is 0.200. The fraction of sp³-hybridized carbons (Fsp3) is 0.562. The van der Waals surface area contributed by atoms with Crippen LogP contribution in [0.4, 0.5) is 0 Å². The fourth-order valence-corrected chi connectivity index (χ4v) is 3.30. The molecule has 6 nitrogen and oxygen atoms in total. The van der Waals surface area contributed by atoms with Crippen molar-refractivity contribution in [1.82, 2.24) is 15.3 Å². The van der Waals surface area contributed by atoms with Gasteiger partial charge in [0, 0.05) is 0 Å². The van der Waals surface area contributed by atoms with Gasteiger partial charge in [-0.05, 0) is 38.8 Å². The molecule has 0 unspecified atom stereocenters. The highest BCUT2D eigenvalue weighted by Gasteiger charge is 2.21. The van der Waals surface area contributed by atoms with Gasteiger partial charge >= 0.3 is 5.97 Å². The topological polar surface area (TPSA) is 84.1 Å². The van der Waals surface area contributed by atoms with E-state index in [9.17, 15) is 9.59 Å². The smallest absolute Gasteiger partial charge is 0.348 e. The van der Waals surface area contributed by atoms with Crippen molar-refractivity contribution in [3.63, 3.8) is 0 Å². The number of nitrogens with zero attached hydrogens (tertiary/aromatic N) is 1. The van der Waals surface area contributed by atoms with E-state index in [2.05, 4.69) is 29.1 Å². The Kier molecular flexibility index (Phi) is 5.54. The minimum Gasteiger partial charge on any atom is -0.459 e. The number of nitrogens with one attached hydrogen (secondary N) is 2. The number of rotatable bonds is 6. The van der Waals surface area contributed by atoms with Crippen molar-refractivity contribution in [1.29, 1.82) is 0 Å². The second kappa shape index (κ2) is 7.23. The quantitative estimate of drug-likeness (QED) is 0.792. The SMILES string of the molecule is Cc1c(C(=O)OC(C)C)sc2nc(CNCC(C)C)[nH]c(=O)c12. The van der Waals surface area contributed by atoms with Gasteiger partial charge in [0.1, 0.15) is 15.5 Å². The second-order valence-electron chi connectivity index (χ2n) is 6.23. The summed E-state index contributed by atoms with van der Waals surface area (Å²) in [5.41, 5.74) is 0.416. The average Bonchev–Trinajstić information content (AvgIpc) is 2.75. The molecule has 0 aliphatic heterocycles. The molecule has 7 heteroatoms. The Bertz CT molecular complexity index is 762. The van der Waals surface area contributed by atoms with Crippen LogP contribution in [0, 0.1) is 12.8 Å². The number of hydrogen-bond donors (Lipinski definition) is 2. The molecule has 0 aliphatic carbocycles. The van der Waals surface area contributed by atoms with Crippen molar-refractivity contribution >= 4 is 27.5 Å². The summed E-state index contributed by atoms with van der Waals surface area (Å²) >= 11 is 1.21. The Hall–Kier alpha value is -1.73. The molecule has 0 fully saturated rings. The predicted octanol–water partition coefficient (Wildman–Crippen LogP) is 2.60. The van der Waals surface area contributed by atoms with E-state index in [4.69, 9.17) is 4.74 Å². The van der Waals surface area contributed by atoms with E-state index in [-0.39, 0.29) is 11.7 Å². The van der Waals surface area contributed by atoms with E-state index in [1.165, 1.54) is 11.3 Å². The van der Waals surface area contributed by atoms with E-state index in [0.717, 1.165) is 6.54 Å². The molecule has 0 saturated heterocycles. The summed E-state index contributed by atoms with van der Waals surface area (Å²) in [5, 5.41) is 3.71. The van der Waals surface area contributed by atoms with E-state index in [0.29, 0.717) is 38.9 Å². The van der Waals surface area contributed by atoms with Crippen LogP contribution < -0.4 is 10.9 Å². The lowest BCUT2D eigenvalue weighted by atomic mass is 10.2. The summed E-state index contributed by atoms with van der Waals surface area (Å²) < 4.78 is 5.23. The Balaban J connectivity index is 2.33. The molecule has 2 heterocycles. The van der Waals surface area contributed by atoms with E-state index in [1.807, 2.05) is 0 Å². The maximum atomic E-state index is 12.3. The van der Waals surface area contributed by atoms with E-state index < -0.39 is 5.97 Å². The van der Waals surface area contributed by atoms with Crippen LogP contribution in [0.15, 0.2) is 4.79 Å². The van der Waals surface area contributed by atoms with E-state index >= 15 is 0 Å². The number of carbonyl (C=O) groups excluding carboxylic acids is 1. The summed E-state index contributed by atoms with van der Waals surface area (Å²) in [4.78, 5) is 32.7. The molecule has 2 aromatic heterocycles. The average molecular weight is 337 g/mol. The third kappa shape index (κ3) is 4.17. The Morgan fingerprint density at radius 3 is 2.65 bits per heavy atom. The fourth-order valence-electron chi connectivity index (χ4n) is 2.21. The number of fused-ring (bicyclic) bond motifs is 1. The molecule has 0 amide bonds. The van der Waals surface area contributed by atoms with Gasteiger partial charge in [-0.3, -0.25) is 4.79 Å². The summed E-state index contributed by atoms with van der Waals surface area (Å²) in [6, 6.07) is 0. The third-order valence-corrected chi connectivity index (χ3v) is 4.39. The first-order valence-electron chi connectivity index (χ1n) is 7.73. The second-order valence-corrected chi connectivity index (χ2v) is 7.23. The summed E-state index contributed by atoms with van der Waals surface area (Å²) in [6.07, 6.45) is -0.200. The maximum absolute atomic E-state index is 12.3. The third-order valence-electron chi connectivity index (χ3n) is 3.22. The molecule has 0 atom stereocenters. The van der Waals surface area contributed by atoms with Gasteiger partial charge in [-0.25, -0.2) is 9.78 Å². The predicted molar refractivity (Wildman–Crippen MR) is 92.1 cm³/mol. The van der Waals surface area contributed by atoms with Gasteiger partial charge in [0.15, 0.2) is 0 Å². The molecule has 0 bridgehead atoms. The van der Waals surface area contributed by atoms with Crippen LogP contribution >= 0.6 is 11.3 Å². The molecule has 2 N–H and O–H groups in total. The Morgan fingerprint density at radius 1 is 1.35 bits per heavy atom. The number of aromatic amines is 1. The highest BCUT2D eigenvalue weighted by molar-refractivity contribution is 7.20. The van der Waals surface area contributed by atoms with Crippen LogP contribution in [-0.4, -0.2) is 28.6 Å². The van der Waals surface area contributed by atoms with Gasteiger partial charge < -0.3 is 15.0 Å². The van der Waals surface area contributed by atoms with Crippen LogP contribution in [0.2, 0.25) is 0 Å². The zero-order valence-electron chi connectivity index (χ0n) is 14.1. The number of thiophene rings is 1. The van der Waals surface area contributed by atoms with Gasteiger partial charge in [-0.1, -0.05) is 13.8 Å². The van der Waals surface area contributed by atoms with Crippen molar-refractivity contribution in [3.05, 3.63) is 26.6 Å². The molecular formula is C16H23N3O3S. The van der Waals surface area contributed by atoms with Crippen molar-refractivity contribution in [3.8, 4) is 0 Å². The molecular weight excluding hydrogens is 314 g/mol. The lowest BCUT2D eigenvalue weighted by Crippen LogP contribution is -2.22. The van der Waals surface area contributed by atoms with Crippen LogP contribution in [0.1, 0.15) is 48.8 Å². The van der Waals surface area contributed by atoms with Crippen molar-refractivity contribution in [2.45, 2.75) is 47.3 Å². The highest BCUT2D eigenvalue weighted by Crippen LogP contribution is 2.27. The summed E-state index contributed by atoms with van der Waals surface area (Å²) in [5.74, 6) is 0.694. The van der Waals surface area contributed by atoms with Gasteiger partial charge in [0.25, 0.3) is 5.56 Å². The van der Waals surface area contributed by atoms with Crippen LogP contribution in [-0.2, 0) is 11.3 Å². The lowest BCUT2D eigenvalue weighted by molar-refractivity contribution is 0.0383. The minimum atomic E-state index is -0.403. The number of H-pyrrole nitrogens is 1. The normalized spacial score (nSPS) is 11.6. The van der Waals surface area contributed by atoms with E-state index in [1.54, 1.807) is 20.8 Å². The lowest BCUT2D eigenvalue weighted by Gasteiger charge is -2.06. The number of aryl methyl sites for hydroxylation is 1. The molecule has 0 aliphatic rings. The highest BCUT2D eigenvalue weighted by atomic mass is 32.1. The standard InChI is InChI=1S/C16H23N3O3S/c1-8(2)6-17-7-11-18-14(20)12-10(5)13(23-15(12)19-11)16(21)22-9(3)4/h8-9,17H,6-7H2,1-5H3,(H,18,19,20). The molecule has 0 saturated carbocycles. The Morgan fingerprint density at radius 2 is 2.04 bits per heavy atom. The number of ether oxygens (including phenoxy) is 1. The van der Waals surface area contributed by atoms with Crippen molar-refractivity contribution in [2.24, 2.45) is 5.92 Å². The first-order valence-corrected chi connectivity index (χ1v) is 8.55. The molecule has 0 aromatic carbocycles. The van der Waals surface area contributed by atoms with Gasteiger partial charge in [-0.2, -0.15) is 0 Å². The molecule has 126 valence electrons. The molecule has 23 heavy (non-hydrogen) atoms. The van der Waals surface area contributed by atoms with Gasteiger partial charge in [-0.15, -0.1) is 11.3 Å². The van der Waals surface area contributed by atoms with Crippen molar-refractivity contribution in [2.75, 3.05) is 6.54 Å². The zero-order chi connectivity index (χ0) is 17.1. The summed E-state index contributed by atoms with van der Waals surface area (Å²) in [6.45, 7) is 10.9. The molecule has 0 radical (unpaired) electrons. The number of carbonyl (C=O) groups is 1. The Labute approximate surface area is 139 Å². The largest absolute Gasteiger partial charge is 0.459 e. The van der Waals surface area contributed by atoms with Gasteiger partial charge in [0.2, 0.25) is 0 Å². The zero-order valence-corrected chi connectivity index (χ0v) is 15.0. The van der Waals surface area contributed by atoms with Crippen LogP contribution in [0.25, 0.3) is 10.2 Å². The summed E-state index contributed by atoms with van der Waals surface area (Å²) in [7, 11) is 0. The van der Waals surface area contributed by atoms with Crippen molar-refractivity contribution < 1.29 is 9.53 Å². The maximum Gasteiger partial charge on any atom is 0.348 e. The molecule has 2 rings (SSSR count). The monoisotopic (exact) mass is 337 g/mol. The number of aromatic nitrogens is 2. The number of esters is 1.